The summed E-state index contributed by atoms with van der Waals surface area (Å²) in [7, 11) is 0. The van der Waals surface area contributed by atoms with Gasteiger partial charge in [-0.3, -0.25) is 0 Å². The number of nitrogens with two attached hydrogens (primary N) is 1. The normalized spacial score (nSPS) is 10.2. The minimum atomic E-state index is 0.291. The largest absolute Gasteiger partial charge is 0.376 e. The second-order valence-electron chi connectivity index (χ2n) is 4.60. The summed E-state index contributed by atoms with van der Waals surface area (Å²) in [5.74, 6) is 0. The molecule has 0 aliphatic rings. The van der Waals surface area contributed by atoms with Gasteiger partial charge in [0.2, 0.25) is 0 Å². The molecule has 0 spiro atoms. The molecule has 0 aliphatic carbocycles. The molecule has 2 aromatic rings. The van der Waals surface area contributed by atoms with Gasteiger partial charge in [0, 0.05) is 12.2 Å². The highest BCUT2D eigenvalue weighted by atomic mass is 32.1. The molecule has 4 heteroatoms. The van der Waals surface area contributed by atoms with E-state index in [1.54, 1.807) is 0 Å². The molecule has 2 rings (SSSR count). The SMILES string of the molecule is NC(=S)Nc1cccc(CNCCc2ccccc2)c1. The Balaban J connectivity index is 1.78. The van der Waals surface area contributed by atoms with Crippen molar-refractivity contribution in [2.24, 2.45) is 5.73 Å². The first-order chi connectivity index (χ1) is 9.74. The van der Waals surface area contributed by atoms with E-state index in [1.807, 2.05) is 18.2 Å². The number of benzene rings is 2. The minimum Gasteiger partial charge on any atom is -0.376 e. The minimum absolute atomic E-state index is 0.291. The Labute approximate surface area is 125 Å². The number of nitrogens with one attached hydrogen (secondary N) is 2. The first-order valence-electron chi connectivity index (χ1n) is 6.64. The molecule has 0 bridgehead atoms. The van der Waals surface area contributed by atoms with Crippen molar-refractivity contribution in [2.75, 3.05) is 11.9 Å². The summed E-state index contributed by atoms with van der Waals surface area (Å²) in [4.78, 5) is 0. The Morgan fingerprint density at radius 1 is 1.00 bits per heavy atom. The van der Waals surface area contributed by atoms with Crippen LogP contribution in [0, 0.1) is 0 Å². The van der Waals surface area contributed by atoms with E-state index in [-0.39, 0.29) is 0 Å². The molecule has 0 unspecified atom stereocenters. The smallest absolute Gasteiger partial charge is 0.168 e. The lowest BCUT2D eigenvalue weighted by Crippen LogP contribution is -2.19. The lowest BCUT2D eigenvalue weighted by Gasteiger charge is -2.08. The highest BCUT2D eigenvalue weighted by molar-refractivity contribution is 7.80. The summed E-state index contributed by atoms with van der Waals surface area (Å²) in [6, 6.07) is 18.6. The van der Waals surface area contributed by atoms with Gasteiger partial charge < -0.3 is 16.4 Å². The quantitative estimate of drug-likeness (QED) is 0.564. The third kappa shape index (κ3) is 4.99. The van der Waals surface area contributed by atoms with Crippen molar-refractivity contribution >= 4 is 23.0 Å². The van der Waals surface area contributed by atoms with Crippen molar-refractivity contribution in [3.63, 3.8) is 0 Å². The number of hydrogen-bond acceptors (Lipinski definition) is 2. The molecule has 0 aliphatic heterocycles. The number of rotatable bonds is 6. The van der Waals surface area contributed by atoms with Gasteiger partial charge in [-0.25, -0.2) is 0 Å². The van der Waals surface area contributed by atoms with Crippen LogP contribution in [-0.4, -0.2) is 11.7 Å². The predicted octanol–water partition coefficient (Wildman–Crippen LogP) is 2.67. The van der Waals surface area contributed by atoms with Crippen LogP contribution in [0.4, 0.5) is 5.69 Å². The molecule has 0 radical (unpaired) electrons. The Bertz CT molecular complexity index is 555. The zero-order chi connectivity index (χ0) is 14.2. The Kier molecular flexibility index (Phi) is 5.53. The summed E-state index contributed by atoms with van der Waals surface area (Å²) in [6.45, 7) is 1.79. The molecular formula is C16H19N3S. The van der Waals surface area contributed by atoms with Crippen molar-refractivity contribution in [1.82, 2.24) is 5.32 Å². The molecule has 0 amide bonds. The van der Waals surface area contributed by atoms with E-state index in [9.17, 15) is 0 Å². The average Bonchev–Trinajstić information content (AvgIpc) is 2.44. The summed E-state index contributed by atoms with van der Waals surface area (Å²) in [5.41, 5.74) is 8.95. The van der Waals surface area contributed by atoms with Crippen LogP contribution in [-0.2, 0) is 13.0 Å². The van der Waals surface area contributed by atoms with Crippen molar-refractivity contribution in [3.8, 4) is 0 Å². The van der Waals surface area contributed by atoms with Crippen LogP contribution in [0.3, 0.4) is 0 Å². The van der Waals surface area contributed by atoms with E-state index in [0.717, 1.165) is 25.2 Å². The van der Waals surface area contributed by atoms with Gasteiger partial charge in [0.05, 0.1) is 0 Å². The molecule has 0 saturated carbocycles. The molecule has 0 saturated heterocycles. The van der Waals surface area contributed by atoms with Crippen molar-refractivity contribution in [3.05, 3.63) is 65.7 Å². The summed E-state index contributed by atoms with van der Waals surface area (Å²) < 4.78 is 0. The van der Waals surface area contributed by atoms with Crippen molar-refractivity contribution in [2.45, 2.75) is 13.0 Å². The Hall–Kier alpha value is -1.91. The molecule has 3 nitrogen and oxygen atoms in total. The van der Waals surface area contributed by atoms with Gasteiger partial charge in [-0.2, -0.15) is 0 Å². The van der Waals surface area contributed by atoms with E-state index in [4.69, 9.17) is 18.0 Å². The lowest BCUT2D eigenvalue weighted by atomic mass is 10.1. The highest BCUT2D eigenvalue weighted by Crippen LogP contribution is 2.10. The van der Waals surface area contributed by atoms with Gasteiger partial charge in [-0.15, -0.1) is 0 Å². The van der Waals surface area contributed by atoms with Crippen LogP contribution in [0.25, 0.3) is 0 Å². The third-order valence-electron chi connectivity index (χ3n) is 2.96. The zero-order valence-corrected chi connectivity index (χ0v) is 12.1. The van der Waals surface area contributed by atoms with E-state index in [0.29, 0.717) is 5.11 Å². The predicted molar refractivity (Wildman–Crippen MR) is 88.7 cm³/mol. The second-order valence-corrected chi connectivity index (χ2v) is 5.04. The molecule has 20 heavy (non-hydrogen) atoms. The standard InChI is InChI=1S/C16H19N3S/c17-16(20)19-15-8-4-7-14(11-15)12-18-10-9-13-5-2-1-3-6-13/h1-8,11,18H,9-10,12H2,(H3,17,19,20). The maximum absolute atomic E-state index is 5.47. The van der Waals surface area contributed by atoms with Crippen molar-refractivity contribution in [1.29, 1.82) is 0 Å². The summed E-state index contributed by atoms with van der Waals surface area (Å²) in [5, 5.41) is 6.67. The van der Waals surface area contributed by atoms with Crippen LogP contribution < -0.4 is 16.4 Å². The van der Waals surface area contributed by atoms with Crippen LogP contribution in [0.15, 0.2) is 54.6 Å². The average molecular weight is 285 g/mol. The molecule has 104 valence electrons. The molecule has 0 fully saturated rings. The van der Waals surface area contributed by atoms with Gasteiger partial charge in [-0.1, -0.05) is 42.5 Å². The molecule has 4 N–H and O–H groups in total. The maximum Gasteiger partial charge on any atom is 0.168 e. The van der Waals surface area contributed by atoms with Crippen LogP contribution >= 0.6 is 12.2 Å². The van der Waals surface area contributed by atoms with Crippen LogP contribution in [0.1, 0.15) is 11.1 Å². The number of hydrogen-bond donors (Lipinski definition) is 3. The fourth-order valence-corrected chi connectivity index (χ4v) is 2.13. The fraction of sp³-hybridized carbons (Fsp3) is 0.188. The number of anilines is 1. The second kappa shape index (κ2) is 7.62. The monoisotopic (exact) mass is 285 g/mol. The molecule has 2 aromatic carbocycles. The Morgan fingerprint density at radius 3 is 2.50 bits per heavy atom. The molecule has 0 heterocycles. The first kappa shape index (κ1) is 14.5. The third-order valence-corrected chi connectivity index (χ3v) is 3.06. The van der Waals surface area contributed by atoms with Gasteiger partial charge in [0.25, 0.3) is 0 Å². The molecule has 0 atom stereocenters. The fourth-order valence-electron chi connectivity index (χ4n) is 2.01. The van der Waals surface area contributed by atoms with Gasteiger partial charge in [-0.05, 0) is 48.4 Å². The molecule has 0 aromatic heterocycles. The lowest BCUT2D eigenvalue weighted by molar-refractivity contribution is 0.687. The summed E-state index contributed by atoms with van der Waals surface area (Å²) >= 11 is 4.83. The topological polar surface area (TPSA) is 50.1 Å². The van der Waals surface area contributed by atoms with E-state index in [2.05, 4.69) is 47.0 Å². The van der Waals surface area contributed by atoms with Crippen molar-refractivity contribution < 1.29 is 0 Å². The molecular weight excluding hydrogens is 266 g/mol. The zero-order valence-electron chi connectivity index (χ0n) is 11.3. The highest BCUT2D eigenvalue weighted by Gasteiger charge is 1.97. The number of thiocarbonyl (C=S) groups is 1. The summed E-state index contributed by atoms with van der Waals surface area (Å²) in [6.07, 6.45) is 1.03. The Morgan fingerprint density at radius 2 is 1.75 bits per heavy atom. The van der Waals surface area contributed by atoms with Crippen LogP contribution in [0.5, 0.6) is 0 Å². The van der Waals surface area contributed by atoms with E-state index in [1.165, 1.54) is 11.1 Å². The van der Waals surface area contributed by atoms with E-state index >= 15 is 0 Å². The van der Waals surface area contributed by atoms with Gasteiger partial charge in [0.15, 0.2) is 5.11 Å². The van der Waals surface area contributed by atoms with Gasteiger partial charge >= 0.3 is 0 Å². The maximum atomic E-state index is 5.47. The van der Waals surface area contributed by atoms with Gasteiger partial charge in [0.1, 0.15) is 0 Å². The van der Waals surface area contributed by atoms with Crippen LogP contribution in [0.2, 0.25) is 0 Å². The van der Waals surface area contributed by atoms with E-state index < -0.39 is 0 Å². The first-order valence-corrected chi connectivity index (χ1v) is 7.05.